The van der Waals surface area contributed by atoms with Crippen molar-refractivity contribution in [2.24, 2.45) is 10.4 Å². The molecule has 1 aromatic rings. The van der Waals surface area contributed by atoms with Crippen LogP contribution in [0.3, 0.4) is 0 Å². The molecule has 1 aliphatic heterocycles. The topological polar surface area (TPSA) is 89.4 Å². The summed E-state index contributed by atoms with van der Waals surface area (Å²) in [6.45, 7) is 3.87. The standard InChI is InChI=1S/C22H37N5O3.HI/c1-26(2)20(29)16-24-21(25-17-22(10-14-28)11-15-30-18-22)23-12-7-13-27(3)19-8-5-4-6-9-19;/h4-6,8-9,28H,7,10-18H2,1-3H3,(H2,23,24,25);1H. The molecule has 1 aromatic carbocycles. The van der Waals surface area contributed by atoms with E-state index in [1.54, 1.807) is 14.1 Å². The number of hydrogen-bond donors (Lipinski definition) is 3. The van der Waals surface area contributed by atoms with E-state index >= 15 is 0 Å². The molecule has 1 atom stereocenters. The van der Waals surface area contributed by atoms with Gasteiger partial charge in [-0.3, -0.25) is 4.79 Å². The van der Waals surface area contributed by atoms with Crippen LogP contribution in [0.2, 0.25) is 0 Å². The molecule has 0 radical (unpaired) electrons. The summed E-state index contributed by atoms with van der Waals surface area (Å²) in [5.41, 5.74) is 1.10. The van der Waals surface area contributed by atoms with Crippen LogP contribution >= 0.6 is 24.0 Å². The quantitative estimate of drug-likeness (QED) is 0.169. The number of aliphatic imine (C=N–C) groups is 1. The normalized spacial score (nSPS) is 18.3. The first-order valence-electron chi connectivity index (χ1n) is 10.6. The van der Waals surface area contributed by atoms with Crippen LogP contribution in [0.5, 0.6) is 0 Å². The van der Waals surface area contributed by atoms with E-state index in [-0.39, 0.29) is 48.5 Å². The van der Waals surface area contributed by atoms with Crippen molar-refractivity contribution in [1.29, 1.82) is 0 Å². The lowest BCUT2D eigenvalue weighted by Gasteiger charge is -2.28. The maximum Gasteiger partial charge on any atom is 0.243 e. The maximum absolute atomic E-state index is 12.0. The summed E-state index contributed by atoms with van der Waals surface area (Å²) in [6.07, 6.45) is 2.52. The highest BCUT2D eigenvalue weighted by Crippen LogP contribution is 2.31. The van der Waals surface area contributed by atoms with Gasteiger partial charge in [0.1, 0.15) is 6.54 Å². The van der Waals surface area contributed by atoms with E-state index in [4.69, 9.17) is 4.74 Å². The third kappa shape index (κ3) is 9.61. The van der Waals surface area contributed by atoms with E-state index in [2.05, 4.69) is 39.7 Å². The molecule has 1 saturated heterocycles. The number of nitrogens with one attached hydrogen (secondary N) is 2. The maximum atomic E-state index is 12.0. The Bertz CT molecular complexity index is 666. The smallest absolute Gasteiger partial charge is 0.243 e. The van der Waals surface area contributed by atoms with E-state index in [0.717, 1.165) is 25.9 Å². The summed E-state index contributed by atoms with van der Waals surface area (Å²) < 4.78 is 5.56. The number of hydrogen-bond acceptors (Lipinski definition) is 5. The number of nitrogens with zero attached hydrogens (tertiary/aromatic N) is 3. The summed E-state index contributed by atoms with van der Waals surface area (Å²) >= 11 is 0. The number of carbonyl (C=O) groups excluding carboxylic acids is 1. The Balaban J connectivity index is 0.00000480. The minimum Gasteiger partial charge on any atom is -0.396 e. The van der Waals surface area contributed by atoms with Crippen molar-refractivity contribution in [3.05, 3.63) is 30.3 Å². The van der Waals surface area contributed by atoms with Crippen molar-refractivity contribution in [2.45, 2.75) is 19.3 Å². The van der Waals surface area contributed by atoms with Gasteiger partial charge in [-0.25, -0.2) is 4.99 Å². The molecule has 1 fully saturated rings. The molecular formula is C22H38IN5O3. The van der Waals surface area contributed by atoms with Crippen molar-refractivity contribution in [3.8, 4) is 0 Å². The minimum absolute atomic E-state index is 0. The number of halogens is 1. The van der Waals surface area contributed by atoms with Crippen LogP contribution in [0.15, 0.2) is 35.3 Å². The summed E-state index contributed by atoms with van der Waals surface area (Å²) in [5, 5.41) is 16.1. The number of likely N-dealkylation sites (N-methyl/N-ethyl adjacent to an activating group) is 1. The van der Waals surface area contributed by atoms with Gasteiger partial charge in [0.25, 0.3) is 0 Å². The van der Waals surface area contributed by atoms with Crippen molar-refractivity contribution in [3.63, 3.8) is 0 Å². The van der Waals surface area contributed by atoms with Gasteiger partial charge in [0, 0.05) is 65.1 Å². The number of ether oxygens (including phenoxy) is 1. The minimum atomic E-state index is -0.0870. The molecule has 9 heteroatoms. The third-order valence-corrected chi connectivity index (χ3v) is 5.49. The molecule has 0 spiro atoms. The molecule has 2 rings (SSSR count). The van der Waals surface area contributed by atoms with Gasteiger partial charge in [0.15, 0.2) is 5.96 Å². The van der Waals surface area contributed by atoms with E-state index in [1.807, 2.05) is 18.2 Å². The first kappa shape index (κ1) is 27.4. The Kier molecular flexibility index (Phi) is 12.8. The highest BCUT2D eigenvalue weighted by atomic mass is 127. The van der Waals surface area contributed by atoms with Crippen LogP contribution < -0.4 is 15.5 Å². The van der Waals surface area contributed by atoms with Gasteiger partial charge < -0.3 is 30.3 Å². The predicted octanol–water partition coefficient (Wildman–Crippen LogP) is 1.54. The van der Waals surface area contributed by atoms with E-state index < -0.39 is 0 Å². The average Bonchev–Trinajstić information content (AvgIpc) is 3.21. The second-order valence-electron chi connectivity index (χ2n) is 8.12. The number of guanidine groups is 1. The Morgan fingerprint density at radius 2 is 1.97 bits per heavy atom. The van der Waals surface area contributed by atoms with Crippen molar-refractivity contribution < 1.29 is 14.6 Å². The fourth-order valence-electron chi connectivity index (χ4n) is 3.38. The van der Waals surface area contributed by atoms with Gasteiger partial charge in [0.2, 0.25) is 5.91 Å². The average molecular weight is 547 g/mol. The molecule has 1 unspecified atom stereocenters. The predicted molar refractivity (Wildman–Crippen MR) is 136 cm³/mol. The number of aliphatic hydroxyl groups excluding tert-OH is 1. The van der Waals surface area contributed by atoms with Crippen LogP contribution in [0, 0.1) is 5.41 Å². The molecule has 0 saturated carbocycles. The first-order chi connectivity index (χ1) is 14.5. The molecular weight excluding hydrogens is 509 g/mol. The molecule has 1 heterocycles. The van der Waals surface area contributed by atoms with E-state index in [9.17, 15) is 9.90 Å². The van der Waals surface area contributed by atoms with Gasteiger partial charge in [-0.15, -0.1) is 24.0 Å². The lowest BCUT2D eigenvalue weighted by molar-refractivity contribution is -0.127. The Morgan fingerprint density at radius 1 is 1.23 bits per heavy atom. The Hall–Kier alpha value is -1.59. The summed E-state index contributed by atoms with van der Waals surface area (Å²) in [4.78, 5) is 20.2. The molecule has 1 amide bonds. The van der Waals surface area contributed by atoms with Gasteiger partial charge in [-0.2, -0.15) is 0 Å². The summed E-state index contributed by atoms with van der Waals surface area (Å²) in [5.74, 6) is 0.575. The highest BCUT2D eigenvalue weighted by Gasteiger charge is 2.34. The van der Waals surface area contributed by atoms with Gasteiger partial charge in [-0.05, 0) is 31.4 Å². The van der Waals surface area contributed by atoms with Crippen LogP contribution in [-0.2, 0) is 9.53 Å². The number of benzene rings is 1. The second kappa shape index (κ2) is 14.5. The molecule has 176 valence electrons. The van der Waals surface area contributed by atoms with Crippen molar-refractivity contribution >= 4 is 41.5 Å². The molecule has 8 nitrogen and oxygen atoms in total. The summed E-state index contributed by atoms with van der Waals surface area (Å²) in [6, 6.07) is 10.3. The van der Waals surface area contributed by atoms with Crippen molar-refractivity contribution in [2.75, 3.05) is 72.0 Å². The Labute approximate surface area is 203 Å². The zero-order valence-electron chi connectivity index (χ0n) is 19.0. The van der Waals surface area contributed by atoms with Crippen LogP contribution in [0.1, 0.15) is 19.3 Å². The largest absolute Gasteiger partial charge is 0.396 e. The number of para-hydroxylation sites is 1. The monoisotopic (exact) mass is 547 g/mol. The van der Waals surface area contributed by atoms with Gasteiger partial charge >= 0.3 is 0 Å². The highest BCUT2D eigenvalue weighted by molar-refractivity contribution is 14.0. The Morgan fingerprint density at radius 3 is 2.58 bits per heavy atom. The number of amides is 1. The second-order valence-corrected chi connectivity index (χ2v) is 8.12. The van der Waals surface area contributed by atoms with E-state index in [0.29, 0.717) is 32.1 Å². The van der Waals surface area contributed by atoms with Crippen LogP contribution in [0.4, 0.5) is 5.69 Å². The lowest BCUT2D eigenvalue weighted by Crippen LogP contribution is -2.45. The molecule has 0 aliphatic carbocycles. The fraction of sp³-hybridized carbons (Fsp3) is 0.636. The zero-order valence-corrected chi connectivity index (χ0v) is 21.3. The van der Waals surface area contributed by atoms with Crippen LogP contribution in [-0.4, -0.2) is 89.0 Å². The van der Waals surface area contributed by atoms with Crippen LogP contribution in [0.25, 0.3) is 0 Å². The SMILES string of the molecule is CN(C)C(=O)CN=C(NCCCN(C)c1ccccc1)NCC1(CCO)CCOC1.I. The number of carbonyl (C=O) groups is 1. The third-order valence-electron chi connectivity index (χ3n) is 5.49. The molecule has 0 bridgehead atoms. The molecule has 0 aromatic heterocycles. The first-order valence-corrected chi connectivity index (χ1v) is 10.6. The van der Waals surface area contributed by atoms with Gasteiger partial charge in [0.05, 0.1) is 6.61 Å². The number of anilines is 1. The van der Waals surface area contributed by atoms with E-state index in [1.165, 1.54) is 10.6 Å². The number of aliphatic hydroxyl groups is 1. The summed E-state index contributed by atoms with van der Waals surface area (Å²) in [7, 11) is 5.53. The van der Waals surface area contributed by atoms with Gasteiger partial charge in [-0.1, -0.05) is 18.2 Å². The molecule has 3 N–H and O–H groups in total. The van der Waals surface area contributed by atoms with Crippen molar-refractivity contribution in [1.82, 2.24) is 15.5 Å². The lowest BCUT2D eigenvalue weighted by atomic mass is 9.84. The fourth-order valence-corrected chi connectivity index (χ4v) is 3.38. The molecule has 1 aliphatic rings. The molecule has 31 heavy (non-hydrogen) atoms. The zero-order chi connectivity index (χ0) is 21.8. The number of rotatable bonds is 11.